The number of benzene rings is 1. The minimum atomic E-state index is -4.62. The first-order chi connectivity index (χ1) is 9.64. The van der Waals surface area contributed by atoms with E-state index in [1.165, 1.54) is 0 Å². The van der Waals surface area contributed by atoms with Gasteiger partial charge in [-0.15, -0.1) is 0 Å². The van der Waals surface area contributed by atoms with Crippen LogP contribution in [0.5, 0.6) is 0 Å². The molecule has 0 bridgehead atoms. The lowest BCUT2D eigenvalue weighted by molar-refractivity contribution is -0.138. The summed E-state index contributed by atoms with van der Waals surface area (Å²) >= 11 is 0. The maximum atomic E-state index is 12.9. The van der Waals surface area contributed by atoms with Crippen molar-refractivity contribution < 1.29 is 26.4 Å². The first kappa shape index (κ1) is 16.0. The smallest absolute Gasteiger partial charge is 0.298 e. The van der Waals surface area contributed by atoms with E-state index in [4.69, 9.17) is 0 Å². The molecule has 116 valence electrons. The van der Waals surface area contributed by atoms with Gasteiger partial charge >= 0.3 is 6.18 Å². The number of carbonyl (C=O) groups excluding carboxylic acids is 1. The van der Waals surface area contributed by atoms with Crippen LogP contribution in [0.25, 0.3) is 0 Å². The molecule has 1 fully saturated rings. The van der Waals surface area contributed by atoms with Crippen LogP contribution in [0.2, 0.25) is 0 Å². The van der Waals surface area contributed by atoms with Crippen LogP contribution in [0.4, 0.5) is 13.2 Å². The number of rotatable bonds is 2. The monoisotopic (exact) mass is 321 g/mol. The van der Waals surface area contributed by atoms with Crippen molar-refractivity contribution >= 4 is 15.8 Å². The molecule has 0 radical (unpaired) electrons. The third-order valence-corrected chi connectivity index (χ3v) is 5.41. The summed E-state index contributed by atoms with van der Waals surface area (Å²) in [5, 5.41) is 0. The summed E-state index contributed by atoms with van der Waals surface area (Å²) in [5.74, 6) is -0.227. The van der Waals surface area contributed by atoms with Crippen molar-refractivity contribution in [3.05, 3.63) is 29.3 Å². The molecule has 1 aliphatic rings. The topological polar surface area (TPSA) is 54.5 Å². The van der Waals surface area contributed by atoms with Crippen LogP contribution in [0, 0.1) is 6.92 Å². The first-order valence-electron chi connectivity index (χ1n) is 6.32. The van der Waals surface area contributed by atoms with Crippen molar-refractivity contribution in [2.45, 2.75) is 30.8 Å². The number of carbonyl (C=O) groups is 1. The molecule has 1 aromatic rings. The van der Waals surface area contributed by atoms with Gasteiger partial charge in [0.05, 0.1) is 17.0 Å². The summed E-state index contributed by atoms with van der Waals surface area (Å²) in [4.78, 5) is 11.0. The molecule has 1 saturated heterocycles. The quantitative estimate of drug-likeness (QED) is 0.840. The lowest BCUT2D eigenvalue weighted by Crippen LogP contribution is -2.40. The molecule has 0 unspecified atom stereocenters. The molecule has 21 heavy (non-hydrogen) atoms. The molecule has 0 amide bonds. The SMILES string of the molecule is Cc1c(C(F)(F)F)cccc1S(=O)(=O)N1CCCC(=O)C1. The highest BCUT2D eigenvalue weighted by atomic mass is 32.2. The van der Waals surface area contributed by atoms with Crippen molar-refractivity contribution in [2.75, 3.05) is 13.1 Å². The molecule has 4 nitrogen and oxygen atoms in total. The third-order valence-electron chi connectivity index (χ3n) is 3.42. The van der Waals surface area contributed by atoms with Gasteiger partial charge in [-0.1, -0.05) is 6.07 Å². The highest BCUT2D eigenvalue weighted by Crippen LogP contribution is 2.35. The predicted octanol–water partition coefficient (Wildman–Crippen LogP) is 2.37. The van der Waals surface area contributed by atoms with E-state index in [0.717, 1.165) is 29.4 Å². The van der Waals surface area contributed by atoms with Crippen LogP contribution < -0.4 is 0 Å². The molecule has 0 atom stereocenters. The van der Waals surface area contributed by atoms with Crippen LogP contribution in [0.1, 0.15) is 24.0 Å². The minimum Gasteiger partial charge on any atom is -0.298 e. The number of piperidine rings is 1. The molecule has 8 heteroatoms. The molecule has 0 N–H and O–H groups in total. The van der Waals surface area contributed by atoms with Crippen molar-refractivity contribution in [3.8, 4) is 0 Å². The standard InChI is InChI=1S/C13H14F3NO3S/c1-9-11(13(14,15)16)5-2-6-12(9)21(19,20)17-7-3-4-10(18)8-17/h2,5-6H,3-4,7-8H2,1H3. The average Bonchev–Trinajstić information content (AvgIpc) is 2.37. The fourth-order valence-corrected chi connectivity index (χ4v) is 4.06. The highest BCUT2D eigenvalue weighted by Gasteiger charge is 2.36. The Labute approximate surface area is 120 Å². The van der Waals surface area contributed by atoms with Crippen LogP contribution in [0.15, 0.2) is 23.1 Å². The Morgan fingerprint density at radius 3 is 2.48 bits per heavy atom. The highest BCUT2D eigenvalue weighted by molar-refractivity contribution is 7.89. The summed E-state index contributed by atoms with van der Waals surface area (Å²) in [6.45, 7) is 0.989. The van der Waals surface area contributed by atoms with Gasteiger partial charge in [0.2, 0.25) is 10.0 Å². The molecule has 2 rings (SSSR count). The zero-order chi connectivity index (χ0) is 15.8. The lowest BCUT2D eigenvalue weighted by atomic mass is 10.1. The Morgan fingerprint density at radius 1 is 1.24 bits per heavy atom. The predicted molar refractivity (Wildman–Crippen MR) is 69.2 cm³/mol. The Morgan fingerprint density at radius 2 is 1.90 bits per heavy atom. The third kappa shape index (κ3) is 3.11. The van der Waals surface area contributed by atoms with Crippen LogP contribution in [0.3, 0.4) is 0 Å². The summed E-state index contributed by atoms with van der Waals surface area (Å²) in [7, 11) is -4.10. The summed E-state index contributed by atoms with van der Waals surface area (Å²) < 4.78 is 64.4. The van der Waals surface area contributed by atoms with Gasteiger partial charge in [-0.25, -0.2) is 8.42 Å². The average molecular weight is 321 g/mol. The number of ketones is 1. The molecule has 0 spiro atoms. The second-order valence-electron chi connectivity index (χ2n) is 4.91. The van der Waals surface area contributed by atoms with Crippen LogP contribution in [-0.4, -0.2) is 31.6 Å². The number of nitrogens with zero attached hydrogens (tertiary/aromatic N) is 1. The molecule has 1 aliphatic heterocycles. The number of halogens is 3. The minimum absolute atomic E-state index is 0.143. The lowest BCUT2D eigenvalue weighted by Gasteiger charge is -2.26. The zero-order valence-corrected chi connectivity index (χ0v) is 12.1. The molecule has 0 aromatic heterocycles. The van der Waals surface area contributed by atoms with Gasteiger partial charge in [0.25, 0.3) is 0 Å². The molecule has 1 aromatic carbocycles. The van der Waals surface area contributed by atoms with E-state index in [-0.39, 0.29) is 24.4 Å². The van der Waals surface area contributed by atoms with E-state index >= 15 is 0 Å². The number of Topliss-reactive ketones (excluding diaryl/α,β-unsaturated/α-hetero) is 1. The van der Waals surface area contributed by atoms with Gasteiger partial charge in [0.15, 0.2) is 0 Å². The van der Waals surface area contributed by atoms with E-state index in [2.05, 4.69) is 0 Å². The normalized spacial score (nSPS) is 18.0. The van der Waals surface area contributed by atoms with Gasteiger partial charge in [0.1, 0.15) is 5.78 Å². The number of alkyl halides is 3. The Bertz CT molecular complexity index is 668. The van der Waals surface area contributed by atoms with E-state index in [0.29, 0.717) is 12.8 Å². The van der Waals surface area contributed by atoms with E-state index in [1.807, 2.05) is 0 Å². The molecular formula is C13H14F3NO3S. The van der Waals surface area contributed by atoms with E-state index in [1.54, 1.807) is 0 Å². The van der Waals surface area contributed by atoms with Crippen molar-refractivity contribution in [1.29, 1.82) is 0 Å². The first-order valence-corrected chi connectivity index (χ1v) is 7.76. The van der Waals surface area contributed by atoms with Crippen LogP contribution >= 0.6 is 0 Å². The van der Waals surface area contributed by atoms with Crippen molar-refractivity contribution in [1.82, 2.24) is 4.31 Å². The van der Waals surface area contributed by atoms with Crippen molar-refractivity contribution in [3.63, 3.8) is 0 Å². The fourth-order valence-electron chi connectivity index (χ4n) is 2.35. The maximum absolute atomic E-state index is 12.9. The molecular weight excluding hydrogens is 307 g/mol. The zero-order valence-electron chi connectivity index (χ0n) is 11.3. The molecule has 0 aliphatic carbocycles. The van der Waals surface area contributed by atoms with Gasteiger partial charge in [-0.05, 0) is 31.0 Å². The summed E-state index contributed by atoms with van der Waals surface area (Å²) in [6, 6.07) is 3.04. The van der Waals surface area contributed by atoms with Gasteiger partial charge < -0.3 is 0 Å². The summed E-state index contributed by atoms with van der Waals surface area (Å²) in [5.41, 5.74) is -1.32. The second kappa shape index (κ2) is 5.42. The second-order valence-corrected chi connectivity index (χ2v) is 6.81. The fraction of sp³-hybridized carbons (Fsp3) is 0.462. The van der Waals surface area contributed by atoms with E-state index < -0.39 is 26.7 Å². The number of sulfonamides is 1. The Kier molecular flexibility index (Phi) is 4.12. The van der Waals surface area contributed by atoms with Gasteiger partial charge in [0, 0.05) is 13.0 Å². The number of hydrogen-bond donors (Lipinski definition) is 0. The Hall–Kier alpha value is -1.41. The molecule has 0 saturated carbocycles. The van der Waals surface area contributed by atoms with Crippen LogP contribution in [-0.2, 0) is 21.0 Å². The Balaban J connectivity index is 2.48. The van der Waals surface area contributed by atoms with Gasteiger partial charge in [-0.3, -0.25) is 4.79 Å². The van der Waals surface area contributed by atoms with Crippen molar-refractivity contribution in [2.24, 2.45) is 0 Å². The van der Waals surface area contributed by atoms with E-state index in [9.17, 15) is 26.4 Å². The summed E-state index contributed by atoms with van der Waals surface area (Å²) in [6.07, 6.45) is -3.93. The maximum Gasteiger partial charge on any atom is 0.416 e. The van der Waals surface area contributed by atoms with Gasteiger partial charge in [-0.2, -0.15) is 17.5 Å². The number of hydrogen-bond acceptors (Lipinski definition) is 3. The largest absolute Gasteiger partial charge is 0.416 e. The molecule has 1 heterocycles.